The zero-order valence-electron chi connectivity index (χ0n) is 14.9. The van der Waals surface area contributed by atoms with Gasteiger partial charge >= 0.3 is 0 Å². The van der Waals surface area contributed by atoms with E-state index in [9.17, 15) is 8.42 Å². The molecule has 1 N–H and O–H groups in total. The summed E-state index contributed by atoms with van der Waals surface area (Å²) in [6.45, 7) is 0. The topological polar surface area (TPSA) is 54.4 Å². The van der Waals surface area contributed by atoms with Gasteiger partial charge in [-0.05, 0) is 33.0 Å². The fraction of sp³-hybridized carbons (Fsp3) is 0.0435. The number of benzene rings is 4. The number of fused-ring (bicyclic) bond motifs is 1. The molecular weight excluding hydrogens is 356 g/mol. The van der Waals surface area contributed by atoms with Gasteiger partial charge in [0.15, 0.2) is 0 Å². The van der Waals surface area contributed by atoms with E-state index >= 15 is 0 Å². The van der Waals surface area contributed by atoms with Gasteiger partial charge in [-0.2, -0.15) is 8.42 Å². The van der Waals surface area contributed by atoms with Crippen LogP contribution in [-0.2, 0) is 10.1 Å². The first-order valence-corrected chi connectivity index (χ1v) is 10.3. The molecule has 0 saturated carbocycles. The van der Waals surface area contributed by atoms with Crippen LogP contribution in [0.5, 0.6) is 0 Å². The third kappa shape index (κ3) is 5.03. The maximum atomic E-state index is 9.19. The SMILES string of the molecule is CS(=O)(=O)O.c1ccc(-c2ccc3ccccc3c2-c2ccccc2)cc1. The molecule has 0 heterocycles. The van der Waals surface area contributed by atoms with Crippen LogP contribution < -0.4 is 0 Å². The predicted molar refractivity (Wildman–Crippen MR) is 112 cm³/mol. The first kappa shape index (κ1) is 18.8. The number of rotatable bonds is 2. The first-order valence-electron chi connectivity index (χ1n) is 8.48. The fourth-order valence-corrected chi connectivity index (χ4v) is 3.05. The lowest BCUT2D eigenvalue weighted by Gasteiger charge is -2.14. The molecule has 0 radical (unpaired) electrons. The van der Waals surface area contributed by atoms with E-state index in [1.54, 1.807) is 0 Å². The van der Waals surface area contributed by atoms with Crippen LogP contribution in [0.25, 0.3) is 33.0 Å². The Morgan fingerprint density at radius 3 is 1.70 bits per heavy atom. The summed E-state index contributed by atoms with van der Waals surface area (Å²) >= 11 is 0. The van der Waals surface area contributed by atoms with Crippen molar-refractivity contribution in [3.8, 4) is 22.3 Å². The van der Waals surface area contributed by atoms with Gasteiger partial charge in [0.25, 0.3) is 10.1 Å². The second-order valence-electron chi connectivity index (χ2n) is 6.17. The second-order valence-corrected chi connectivity index (χ2v) is 7.64. The lowest BCUT2D eigenvalue weighted by molar-refractivity contribution is 0.490. The number of hydrogen-bond donors (Lipinski definition) is 1. The molecule has 136 valence electrons. The Bertz CT molecular complexity index is 1130. The monoisotopic (exact) mass is 376 g/mol. The Balaban J connectivity index is 0.000000376. The average Bonchev–Trinajstić information content (AvgIpc) is 2.67. The maximum absolute atomic E-state index is 9.19. The van der Waals surface area contributed by atoms with Gasteiger partial charge in [-0.15, -0.1) is 0 Å². The van der Waals surface area contributed by atoms with E-state index in [-0.39, 0.29) is 0 Å². The number of hydrogen-bond acceptors (Lipinski definition) is 2. The van der Waals surface area contributed by atoms with Crippen LogP contribution in [0, 0.1) is 0 Å². The molecule has 0 aliphatic carbocycles. The Labute approximate surface area is 159 Å². The molecule has 0 amide bonds. The van der Waals surface area contributed by atoms with Gasteiger partial charge < -0.3 is 0 Å². The summed E-state index contributed by atoms with van der Waals surface area (Å²) in [5.74, 6) is 0. The van der Waals surface area contributed by atoms with Crippen molar-refractivity contribution in [2.45, 2.75) is 0 Å². The lowest BCUT2D eigenvalue weighted by atomic mass is 9.90. The molecule has 0 bridgehead atoms. The fourth-order valence-electron chi connectivity index (χ4n) is 3.05. The molecule has 0 spiro atoms. The van der Waals surface area contributed by atoms with Gasteiger partial charge in [0.1, 0.15) is 0 Å². The standard InChI is InChI=1S/C22H16.CH4O3S/c1-3-9-17(10-4-1)21-16-15-18-11-7-8-14-20(18)22(21)19-12-5-2-6-13-19;1-5(2,3)4/h1-16H;1H3,(H,2,3,4). The highest BCUT2D eigenvalue weighted by atomic mass is 32.2. The van der Waals surface area contributed by atoms with Crippen LogP contribution in [0.3, 0.4) is 0 Å². The zero-order valence-corrected chi connectivity index (χ0v) is 15.7. The molecule has 4 aromatic rings. The largest absolute Gasteiger partial charge is 0.286 e. The van der Waals surface area contributed by atoms with Gasteiger partial charge in [-0.25, -0.2) is 0 Å². The zero-order chi connectivity index (χ0) is 19.3. The molecule has 3 nitrogen and oxygen atoms in total. The van der Waals surface area contributed by atoms with Crippen molar-refractivity contribution in [1.82, 2.24) is 0 Å². The van der Waals surface area contributed by atoms with E-state index in [2.05, 4.69) is 97.1 Å². The Hall–Kier alpha value is -2.95. The van der Waals surface area contributed by atoms with E-state index < -0.39 is 10.1 Å². The molecule has 0 fully saturated rings. The van der Waals surface area contributed by atoms with Gasteiger partial charge in [-0.1, -0.05) is 97.1 Å². The maximum Gasteiger partial charge on any atom is 0.261 e. The summed E-state index contributed by atoms with van der Waals surface area (Å²) in [4.78, 5) is 0. The van der Waals surface area contributed by atoms with Crippen molar-refractivity contribution >= 4 is 20.9 Å². The summed E-state index contributed by atoms with van der Waals surface area (Å²) < 4.78 is 25.9. The van der Waals surface area contributed by atoms with Crippen LogP contribution in [0.4, 0.5) is 0 Å². The summed E-state index contributed by atoms with van der Waals surface area (Å²) in [7, 11) is -3.67. The minimum Gasteiger partial charge on any atom is -0.286 e. The third-order valence-electron chi connectivity index (χ3n) is 4.08. The minimum atomic E-state index is -3.67. The molecule has 27 heavy (non-hydrogen) atoms. The summed E-state index contributed by atoms with van der Waals surface area (Å²) in [5, 5.41) is 2.58. The molecule has 0 aliphatic rings. The van der Waals surface area contributed by atoms with E-state index in [0.29, 0.717) is 6.26 Å². The van der Waals surface area contributed by atoms with E-state index in [4.69, 9.17) is 4.55 Å². The minimum absolute atomic E-state index is 0.715. The third-order valence-corrected chi connectivity index (χ3v) is 4.08. The highest BCUT2D eigenvalue weighted by Gasteiger charge is 2.10. The highest BCUT2D eigenvalue weighted by molar-refractivity contribution is 7.85. The predicted octanol–water partition coefficient (Wildman–Crippen LogP) is 5.68. The second kappa shape index (κ2) is 8.16. The quantitative estimate of drug-likeness (QED) is 0.458. The van der Waals surface area contributed by atoms with Crippen molar-refractivity contribution in [3.63, 3.8) is 0 Å². The lowest BCUT2D eigenvalue weighted by Crippen LogP contribution is -1.88. The smallest absolute Gasteiger partial charge is 0.261 e. The first-order chi connectivity index (χ1) is 12.9. The van der Waals surface area contributed by atoms with Crippen molar-refractivity contribution in [3.05, 3.63) is 97.1 Å². The van der Waals surface area contributed by atoms with Crippen molar-refractivity contribution in [1.29, 1.82) is 0 Å². The normalized spacial score (nSPS) is 10.9. The van der Waals surface area contributed by atoms with Crippen molar-refractivity contribution in [2.24, 2.45) is 0 Å². The Morgan fingerprint density at radius 1 is 0.630 bits per heavy atom. The van der Waals surface area contributed by atoms with E-state index in [1.165, 1.54) is 33.0 Å². The van der Waals surface area contributed by atoms with Crippen molar-refractivity contribution in [2.75, 3.05) is 6.26 Å². The molecule has 4 aromatic carbocycles. The van der Waals surface area contributed by atoms with Gasteiger partial charge in [0.05, 0.1) is 6.26 Å². The molecule has 0 atom stereocenters. The summed E-state index contributed by atoms with van der Waals surface area (Å²) in [5.41, 5.74) is 5.11. The van der Waals surface area contributed by atoms with Gasteiger partial charge in [0.2, 0.25) is 0 Å². The van der Waals surface area contributed by atoms with Crippen LogP contribution in [-0.4, -0.2) is 19.2 Å². The van der Waals surface area contributed by atoms with Crippen LogP contribution in [0.1, 0.15) is 0 Å². The van der Waals surface area contributed by atoms with E-state index in [0.717, 1.165) is 0 Å². The molecule has 0 unspecified atom stereocenters. The molecule has 4 heteroatoms. The van der Waals surface area contributed by atoms with Gasteiger partial charge in [-0.3, -0.25) is 4.55 Å². The molecule has 4 rings (SSSR count). The van der Waals surface area contributed by atoms with E-state index in [1.807, 2.05) is 0 Å². The van der Waals surface area contributed by atoms with Crippen LogP contribution in [0.15, 0.2) is 97.1 Å². The summed E-state index contributed by atoms with van der Waals surface area (Å²) in [6.07, 6.45) is 0.715. The Kier molecular flexibility index (Phi) is 5.69. The molecular formula is C23H20O3S. The molecule has 0 aliphatic heterocycles. The van der Waals surface area contributed by atoms with Crippen LogP contribution in [0.2, 0.25) is 0 Å². The van der Waals surface area contributed by atoms with Gasteiger partial charge in [0, 0.05) is 0 Å². The van der Waals surface area contributed by atoms with Crippen molar-refractivity contribution < 1.29 is 13.0 Å². The average molecular weight is 376 g/mol. The molecule has 0 saturated heterocycles. The highest BCUT2D eigenvalue weighted by Crippen LogP contribution is 2.37. The van der Waals surface area contributed by atoms with Crippen LogP contribution >= 0.6 is 0 Å². The summed E-state index contributed by atoms with van der Waals surface area (Å²) in [6, 6.07) is 34.3. The molecule has 0 aromatic heterocycles. The Morgan fingerprint density at radius 2 is 1.11 bits per heavy atom.